The van der Waals surface area contributed by atoms with Gasteiger partial charge in [0.15, 0.2) is 5.16 Å². The van der Waals surface area contributed by atoms with Crippen LogP contribution in [0, 0.1) is 18.2 Å². The van der Waals surface area contributed by atoms with Crippen molar-refractivity contribution in [3.8, 4) is 12.3 Å². The molecule has 0 unspecified atom stereocenters. The minimum atomic E-state index is -4.46. The first-order valence-electron chi connectivity index (χ1n) is 18.2. The van der Waals surface area contributed by atoms with Crippen LogP contribution in [-0.4, -0.2) is 103 Å². The van der Waals surface area contributed by atoms with E-state index in [2.05, 4.69) is 61.0 Å². The smallest absolute Gasteiger partial charge is 0.337 e. The number of carbonyl (C=O) groups excluding carboxylic acids is 1. The van der Waals surface area contributed by atoms with Crippen LogP contribution in [0.15, 0.2) is 76.2 Å². The summed E-state index contributed by atoms with van der Waals surface area (Å²) in [6, 6.07) is 10.9. The maximum absolute atomic E-state index is 15.1. The zero-order chi connectivity index (χ0) is 40.2. The second-order valence-corrected chi connectivity index (χ2v) is 17.3. The van der Waals surface area contributed by atoms with E-state index >= 15 is 4.79 Å². The quantitative estimate of drug-likeness (QED) is 0.0608. The average Bonchev–Trinajstić information content (AvgIpc) is 3.56. The molecule has 0 saturated carbocycles. The third kappa shape index (κ3) is 10.5. The molecule has 1 aromatic heterocycles. The molecule has 1 heterocycles. The predicted molar refractivity (Wildman–Crippen MR) is 228 cm³/mol. The highest BCUT2D eigenvalue weighted by atomic mass is 32.2. The number of thioether (sulfide) groups is 1. The lowest BCUT2D eigenvalue weighted by Gasteiger charge is -2.47. The first kappa shape index (κ1) is 43.0. The van der Waals surface area contributed by atoms with Gasteiger partial charge in [-0.1, -0.05) is 67.4 Å². The number of aromatic nitrogens is 2. The third-order valence-electron chi connectivity index (χ3n) is 9.62. The fraction of sp³-hybridized carbons (Fsp3) is 0.378. The lowest BCUT2D eigenvalue weighted by atomic mass is 9.54. The largest absolute Gasteiger partial charge is 0.416 e. The number of hydrogen-bond acceptors (Lipinski definition) is 5. The zero-order valence-corrected chi connectivity index (χ0v) is 33.6. The van der Waals surface area contributed by atoms with Gasteiger partial charge in [0.25, 0.3) is 5.56 Å². The van der Waals surface area contributed by atoms with Crippen molar-refractivity contribution < 1.29 is 22.4 Å². The van der Waals surface area contributed by atoms with E-state index in [1.165, 1.54) is 36.0 Å². The van der Waals surface area contributed by atoms with Crippen LogP contribution in [0.25, 0.3) is 5.57 Å². The molecule has 4 rings (SSSR count). The van der Waals surface area contributed by atoms with Crippen molar-refractivity contribution in [2.24, 2.45) is 0 Å². The normalized spacial score (nSPS) is 14.2. The summed E-state index contributed by atoms with van der Waals surface area (Å²) < 4.78 is 55.1. The minimum absolute atomic E-state index is 0.162. The Hall–Kier alpha value is -3.75. The highest BCUT2D eigenvalue weighted by Crippen LogP contribution is 2.32. The van der Waals surface area contributed by atoms with Gasteiger partial charge >= 0.3 is 6.18 Å². The lowest BCUT2D eigenvalue weighted by molar-refractivity contribution is -0.137. The molecular formula is C37H46B6F4N4O2S. The molecule has 1 amide bonds. The van der Waals surface area contributed by atoms with Gasteiger partial charge in [-0.3, -0.25) is 9.59 Å². The first-order chi connectivity index (χ1) is 25.0. The Bertz CT molecular complexity index is 1990. The standard InChI is InChI=1S/C37H46B6F4N4O2S/c1-5-25(26-13-15-27(16-14-26)37(45,46)47)12-9-23(2)21-49(19-20-50(34(3,38)39)35(4,40)41)32(53)36(42,43)51-30-8-6-7-29(30)31(52)48-33(51)54-22-24-10-17-28(44)18-11-24/h1,9-18H,6-8,19-22,38-43H2,2-4H3/b23-9+,25-12+. The monoisotopic (exact) mass is 752 g/mol. The summed E-state index contributed by atoms with van der Waals surface area (Å²) in [4.78, 5) is 37.0. The molecule has 0 bridgehead atoms. The molecular weight excluding hydrogens is 705 g/mol. The molecule has 0 aliphatic heterocycles. The Kier molecular flexibility index (Phi) is 13.5. The van der Waals surface area contributed by atoms with Crippen molar-refractivity contribution in [3.63, 3.8) is 0 Å². The molecule has 6 nitrogen and oxygen atoms in total. The highest BCUT2D eigenvalue weighted by molar-refractivity contribution is 7.98. The predicted octanol–water partition coefficient (Wildman–Crippen LogP) is 0.732. The maximum Gasteiger partial charge on any atom is 0.416 e. The topological polar surface area (TPSA) is 58.4 Å². The Morgan fingerprint density at radius 1 is 0.963 bits per heavy atom. The van der Waals surface area contributed by atoms with Crippen LogP contribution >= 0.6 is 11.8 Å². The van der Waals surface area contributed by atoms with Crippen molar-refractivity contribution in [1.82, 2.24) is 19.4 Å². The summed E-state index contributed by atoms with van der Waals surface area (Å²) in [5.41, 5.74) is 2.95. The number of nitrogens with zero attached hydrogens (tertiary/aromatic N) is 4. The van der Waals surface area contributed by atoms with Crippen molar-refractivity contribution in [2.45, 2.75) is 73.1 Å². The van der Waals surface area contributed by atoms with E-state index in [1.54, 1.807) is 24.3 Å². The van der Waals surface area contributed by atoms with E-state index in [4.69, 9.17) is 6.42 Å². The maximum atomic E-state index is 15.1. The van der Waals surface area contributed by atoms with Gasteiger partial charge in [-0.15, -0.1) is 6.42 Å². The van der Waals surface area contributed by atoms with Gasteiger partial charge < -0.3 is 14.4 Å². The van der Waals surface area contributed by atoms with E-state index < -0.39 is 17.1 Å². The highest BCUT2D eigenvalue weighted by Gasteiger charge is 2.39. The summed E-state index contributed by atoms with van der Waals surface area (Å²) in [6.45, 7) is 7.39. The van der Waals surface area contributed by atoms with E-state index in [0.29, 0.717) is 53.5 Å². The van der Waals surface area contributed by atoms with Gasteiger partial charge in [-0.25, -0.2) is 4.39 Å². The summed E-state index contributed by atoms with van der Waals surface area (Å²) >= 11 is 1.35. The molecule has 0 N–H and O–H groups in total. The number of allylic oxidation sites excluding steroid dienone is 3. The van der Waals surface area contributed by atoms with Crippen LogP contribution in [-0.2, 0) is 34.9 Å². The number of carbonyl (C=O) groups is 1. The summed E-state index contributed by atoms with van der Waals surface area (Å²) in [5, 5.41) is -1.13. The van der Waals surface area contributed by atoms with Gasteiger partial charge in [0.1, 0.15) is 52.9 Å². The van der Waals surface area contributed by atoms with Crippen LogP contribution in [0.4, 0.5) is 17.6 Å². The molecule has 0 atom stereocenters. The molecule has 0 radical (unpaired) electrons. The van der Waals surface area contributed by atoms with Crippen molar-refractivity contribution >= 4 is 70.3 Å². The molecule has 278 valence electrons. The number of hydrogen-bond donors (Lipinski definition) is 0. The number of benzene rings is 2. The Morgan fingerprint density at radius 3 is 2.13 bits per heavy atom. The summed E-state index contributed by atoms with van der Waals surface area (Å²) in [7, 11) is 12.3. The van der Waals surface area contributed by atoms with E-state index in [9.17, 15) is 22.4 Å². The van der Waals surface area contributed by atoms with E-state index in [0.717, 1.165) is 35.4 Å². The van der Waals surface area contributed by atoms with Gasteiger partial charge in [0.05, 0.1) is 10.9 Å². The van der Waals surface area contributed by atoms with Crippen LogP contribution in [0.3, 0.4) is 0 Å². The molecule has 0 saturated heterocycles. The number of rotatable bonds is 14. The van der Waals surface area contributed by atoms with Gasteiger partial charge in [-0.2, -0.15) is 18.2 Å². The molecule has 0 spiro atoms. The van der Waals surface area contributed by atoms with Gasteiger partial charge in [0.2, 0.25) is 5.91 Å². The van der Waals surface area contributed by atoms with E-state index in [-0.39, 0.29) is 34.5 Å². The fourth-order valence-corrected chi connectivity index (χ4v) is 8.31. The molecule has 2 aromatic carbocycles. The molecule has 1 aliphatic carbocycles. The zero-order valence-electron chi connectivity index (χ0n) is 32.8. The van der Waals surface area contributed by atoms with Crippen LogP contribution in [0.1, 0.15) is 55.1 Å². The summed E-state index contributed by atoms with van der Waals surface area (Å²) in [6.07, 6.45) is 6.84. The van der Waals surface area contributed by atoms with Crippen molar-refractivity contribution in [3.05, 3.63) is 110 Å². The SMILES string of the molecule is BC(B)(C)N(CCN(C/C(C)=C/C=C(\C#C)c1ccc(C(F)(F)F)cc1)C(=O)C(B)(B)n1c(SCc2ccc(F)cc2)nc(=O)c2c1CCC2)C(B)(B)C. The number of terminal acetylenes is 1. The van der Waals surface area contributed by atoms with Crippen molar-refractivity contribution in [2.75, 3.05) is 19.6 Å². The minimum Gasteiger partial charge on any atom is -0.337 e. The molecule has 3 aromatic rings. The lowest BCUT2D eigenvalue weighted by Crippen LogP contribution is -2.62. The molecule has 0 fully saturated rings. The van der Waals surface area contributed by atoms with Crippen molar-refractivity contribution in [1.29, 1.82) is 0 Å². The molecule has 1 aliphatic rings. The van der Waals surface area contributed by atoms with Gasteiger partial charge in [-0.05, 0) is 78.3 Å². The molecule has 17 heteroatoms. The number of halogens is 4. The van der Waals surface area contributed by atoms with Crippen LogP contribution in [0.5, 0.6) is 0 Å². The van der Waals surface area contributed by atoms with Gasteiger partial charge in [0, 0.05) is 42.2 Å². The Morgan fingerprint density at radius 2 is 1.57 bits per heavy atom. The molecule has 54 heavy (non-hydrogen) atoms. The Balaban J connectivity index is 1.74. The second kappa shape index (κ2) is 16.9. The fourth-order valence-electron chi connectivity index (χ4n) is 7.21. The van der Waals surface area contributed by atoms with Crippen LogP contribution in [0.2, 0.25) is 0 Å². The summed E-state index contributed by atoms with van der Waals surface area (Å²) in [5.74, 6) is 2.51. The average molecular weight is 752 g/mol. The third-order valence-corrected chi connectivity index (χ3v) is 10.6. The van der Waals surface area contributed by atoms with Crippen LogP contribution < -0.4 is 5.56 Å². The number of fused-ring (bicyclic) bond motifs is 1. The number of alkyl halides is 3. The number of amides is 1. The Labute approximate surface area is 326 Å². The van der Waals surface area contributed by atoms with E-state index in [1.807, 2.05) is 32.1 Å². The first-order valence-corrected chi connectivity index (χ1v) is 19.1. The second-order valence-electron chi connectivity index (χ2n) is 16.3.